The topological polar surface area (TPSA) is 84.9 Å². The van der Waals surface area contributed by atoms with E-state index in [9.17, 15) is 13.2 Å². The average Bonchev–Trinajstić information content (AvgIpc) is 3.34. The third-order valence-corrected chi connectivity index (χ3v) is 9.08. The average molecular weight is 507 g/mol. The number of methoxy groups -OCH3 is 2. The lowest BCUT2D eigenvalue weighted by Crippen LogP contribution is -2.45. The molecule has 2 aliphatic rings. The van der Waals surface area contributed by atoms with Gasteiger partial charge in [0.25, 0.3) is 0 Å². The van der Waals surface area contributed by atoms with Gasteiger partial charge in [-0.25, -0.2) is 8.42 Å². The van der Waals surface area contributed by atoms with Gasteiger partial charge in [-0.3, -0.25) is 4.79 Å². The fraction of sp³-hybridized carbons (Fsp3) is 0.480. The van der Waals surface area contributed by atoms with E-state index in [1.165, 1.54) is 4.31 Å². The molecule has 2 aromatic carbocycles. The summed E-state index contributed by atoms with van der Waals surface area (Å²) in [5, 5.41) is 3.54. The van der Waals surface area contributed by atoms with Gasteiger partial charge in [0.15, 0.2) is 11.5 Å². The quantitative estimate of drug-likeness (QED) is 0.590. The minimum absolute atomic E-state index is 0.0752. The van der Waals surface area contributed by atoms with Crippen molar-refractivity contribution in [3.05, 3.63) is 58.1 Å². The van der Waals surface area contributed by atoms with Crippen LogP contribution in [0.25, 0.3) is 0 Å². The third-order valence-electron chi connectivity index (χ3n) is 7.01. The monoisotopic (exact) mass is 506 g/mol. The van der Waals surface area contributed by atoms with Gasteiger partial charge in [-0.2, -0.15) is 4.31 Å². The van der Waals surface area contributed by atoms with Gasteiger partial charge < -0.3 is 14.8 Å². The Balaban J connectivity index is 1.40. The number of sulfonamides is 1. The predicted molar refractivity (Wildman–Crippen MR) is 132 cm³/mol. The Kier molecular flexibility index (Phi) is 7.40. The molecule has 2 aromatic rings. The summed E-state index contributed by atoms with van der Waals surface area (Å²) in [7, 11) is -0.396. The second-order valence-electron chi connectivity index (χ2n) is 8.93. The fourth-order valence-electron chi connectivity index (χ4n) is 5.08. The Morgan fingerprint density at radius 2 is 1.68 bits per heavy atom. The lowest BCUT2D eigenvalue weighted by molar-refractivity contribution is -0.126. The number of carbonyl (C=O) groups is 1. The first-order valence-corrected chi connectivity index (χ1v) is 13.5. The first-order valence-electron chi connectivity index (χ1n) is 11.5. The summed E-state index contributed by atoms with van der Waals surface area (Å²) in [5.74, 6) is 0.972. The van der Waals surface area contributed by atoms with Crippen LogP contribution in [0.3, 0.4) is 0 Å². The largest absolute Gasteiger partial charge is 0.493 e. The van der Waals surface area contributed by atoms with E-state index >= 15 is 0 Å². The predicted octanol–water partition coefficient (Wildman–Crippen LogP) is 3.67. The minimum atomic E-state index is -3.54. The van der Waals surface area contributed by atoms with Crippen LogP contribution in [0, 0.1) is 0 Å². The van der Waals surface area contributed by atoms with E-state index in [0.29, 0.717) is 29.5 Å². The van der Waals surface area contributed by atoms with E-state index in [1.807, 2.05) is 24.3 Å². The molecule has 9 heteroatoms. The highest BCUT2D eigenvalue weighted by atomic mass is 35.5. The summed E-state index contributed by atoms with van der Waals surface area (Å²) in [5.41, 5.74) is 2.29. The van der Waals surface area contributed by atoms with Crippen molar-refractivity contribution in [3.63, 3.8) is 0 Å². The normalized spacial score (nSPS) is 17.7. The summed E-state index contributed by atoms with van der Waals surface area (Å²) in [4.78, 5) is 13.2. The summed E-state index contributed by atoms with van der Waals surface area (Å²) in [6.45, 7) is 0.750. The van der Waals surface area contributed by atoms with Crippen LogP contribution in [0.4, 0.5) is 0 Å². The van der Waals surface area contributed by atoms with Gasteiger partial charge in [0, 0.05) is 24.7 Å². The molecular weight excluding hydrogens is 476 g/mol. The molecule has 7 nitrogen and oxygen atoms in total. The number of fused-ring (bicyclic) bond motifs is 1. The second kappa shape index (κ2) is 10.1. The number of amides is 1. The van der Waals surface area contributed by atoms with Crippen molar-refractivity contribution < 1.29 is 22.7 Å². The number of hydrogen-bond acceptors (Lipinski definition) is 5. The molecule has 1 aliphatic carbocycles. The molecule has 1 amide bonds. The molecule has 0 radical (unpaired) electrons. The second-order valence-corrected chi connectivity index (χ2v) is 11.5. The molecule has 0 bridgehead atoms. The van der Waals surface area contributed by atoms with Crippen LogP contribution < -0.4 is 14.8 Å². The summed E-state index contributed by atoms with van der Waals surface area (Å²) in [6, 6.07) is 11.2. The molecule has 1 fully saturated rings. The number of ether oxygens (including phenoxy) is 2. The molecular formula is C25H31ClN2O5S. The summed E-state index contributed by atoms with van der Waals surface area (Å²) in [6.07, 6.45) is 4.04. The number of benzene rings is 2. The van der Waals surface area contributed by atoms with Crippen LogP contribution in [0.2, 0.25) is 5.02 Å². The highest BCUT2D eigenvalue weighted by Gasteiger charge is 2.42. The van der Waals surface area contributed by atoms with Crippen LogP contribution in [0.5, 0.6) is 11.5 Å². The highest BCUT2D eigenvalue weighted by Crippen LogP contribution is 2.41. The summed E-state index contributed by atoms with van der Waals surface area (Å²) >= 11 is 6.03. The lowest BCUT2D eigenvalue weighted by Gasteiger charge is -2.30. The van der Waals surface area contributed by atoms with Crippen LogP contribution in [0.15, 0.2) is 36.4 Å². The highest BCUT2D eigenvalue weighted by molar-refractivity contribution is 7.89. The van der Waals surface area contributed by atoms with Crippen LogP contribution >= 0.6 is 11.6 Å². The van der Waals surface area contributed by atoms with Gasteiger partial charge in [0.2, 0.25) is 15.9 Å². The number of halogens is 1. The molecule has 0 aromatic heterocycles. The zero-order chi connectivity index (χ0) is 24.3. The Labute approximate surface area is 206 Å². The van der Waals surface area contributed by atoms with Crippen molar-refractivity contribution in [1.29, 1.82) is 0 Å². The number of carbonyl (C=O) groups excluding carboxylic acids is 1. The van der Waals surface area contributed by atoms with E-state index in [1.54, 1.807) is 26.4 Å². The van der Waals surface area contributed by atoms with Gasteiger partial charge in [-0.05, 0) is 60.2 Å². The first-order chi connectivity index (χ1) is 16.3. The molecule has 0 unspecified atom stereocenters. The van der Waals surface area contributed by atoms with Gasteiger partial charge in [-0.15, -0.1) is 0 Å². The Bertz CT molecular complexity index is 1140. The molecule has 1 N–H and O–H groups in total. The molecule has 4 rings (SSSR count). The molecule has 34 heavy (non-hydrogen) atoms. The number of rotatable bonds is 8. The van der Waals surface area contributed by atoms with Crippen LogP contribution in [-0.2, 0) is 33.2 Å². The molecule has 1 saturated carbocycles. The molecule has 1 aliphatic heterocycles. The SMILES string of the molecule is COc1cc2c(cc1OC)CN(S(=O)(=O)CCNC(=O)C1(c3ccc(Cl)cc3)CCCC1)CC2. The van der Waals surface area contributed by atoms with E-state index in [2.05, 4.69) is 5.32 Å². The number of nitrogens with one attached hydrogen (secondary N) is 1. The Morgan fingerprint density at radius 1 is 1.06 bits per heavy atom. The molecule has 0 spiro atoms. The molecule has 0 atom stereocenters. The van der Waals surface area contributed by atoms with E-state index in [4.69, 9.17) is 21.1 Å². The maximum atomic E-state index is 13.2. The van der Waals surface area contributed by atoms with Crippen molar-refractivity contribution in [2.45, 2.75) is 44.1 Å². The number of nitrogens with zero attached hydrogens (tertiary/aromatic N) is 1. The van der Waals surface area contributed by atoms with Gasteiger partial charge >= 0.3 is 0 Å². The Hall–Kier alpha value is -2.29. The zero-order valence-corrected chi connectivity index (χ0v) is 21.2. The van der Waals surface area contributed by atoms with E-state index in [-0.39, 0.29) is 24.7 Å². The number of hydrogen-bond donors (Lipinski definition) is 1. The van der Waals surface area contributed by atoms with Crippen molar-refractivity contribution in [2.24, 2.45) is 0 Å². The lowest BCUT2D eigenvalue weighted by atomic mass is 9.78. The van der Waals surface area contributed by atoms with E-state index < -0.39 is 15.4 Å². The molecule has 0 saturated heterocycles. The van der Waals surface area contributed by atoms with E-state index in [0.717, 1.165) is 42.4 Å². The molecule has 1 heterocycles. The third kappa shape index (κ3) is 4.90. The van der Waals surface area contributed by atoms with Crippen LogP contribution in [-0.4, -0.2) is 51.7 Å². The van der Waals surface area contributed by atoms with Gasteiger partial charge in [0.1, 0.15) is 0 Å². The minimum Gasteiger partial charge on any atom is -0.493 e. The summed E-state index contributed by atoms with van der Waals surface area (Å²) < 4.78 is 38.3. The smallest absolute Gasteiger partial charge is 0.230 e. The molecule has 184 valence electrons. The van der Waals surface area contributed by atoms with Crippen molar-refractivity contribution in [3.8, 4) is 11.5 Å². The van der Waals surface area contributed by atoms with Crippen molar-refractivity contribution in [1.82, 2.24) is 9.62 Å². The van der Waals surface area contributed by atoms with Crippen molar-refractivity contribution in [2.75, 3.05) is 33.1 Å². The maximum Gasteiger partial charge on any atom is 0.230 e. The fourth-order valence-corrected chi connectivity index (χ4v) is 6.53. The Morgan fingerprint density at radius 3 is 2.29 bits per heavy atom. The maximum absolute atomic E-state index is 13.2. The van der Waals surface area contributed by atoms with Crippen LogP contribution in [0.1, 0.15) is 42.4 Å². The van der Waals surface area contributed by atoms with Gasteiger partial charge in [-0.1, -0.05) is 36.6 Å². The van der Waals surface area contributed by atoms with Crippen molar-refractivity contribution >= 4 is 27.5 Å². The van der Waals surface area contributed by atoms with Gasteiger partial charge in [0.05, 0.1) is 25.4 Å². The standard InChI is InChI=1S/C25H31ClN2O5S/c1-32-22-15-18-9-13-28(17-19(18)16-23(22)33-2)34(30,31)14-12-27-24(29)25(10-3-4-11-25)20-5-7-21(26)8-6-20/h5-8,15-16H,3-4,9-14,17H2,1-2H3,(H,27,29). The first kappa shape index (κ1) is 24.8. The zero-order valence-electron chi connectivity index (χ0n) is 19.6.